The minimum Gasteiger partial charge on any atom is -0.397 e. The van der Waals surface area contributed by atoms with Gasteiger partial charge in [-0.05, 0) is 12.1 Å². The van der Waals surface area contributed by atoms with Crippen LogP contribution < -0.4 is 11.5 Å². The second kappa shape index (κ2) is 3.64. The van der Waals surface area contributed by atoms with Gasteiger partial charge in [-0.1, -0.05) is 11.6 Å². The maximum atomic E-state index is 12.5. The molecule has 0 spiro atoms. The van der Waals surface area contributed by atoms with Gasteiger partial charge in [0.15, 0.2) is 0 Å². The smallest absolute Gasteiger partial charge is 0.144 e. The van der Waals surface area contributed by atoms with E-state index in [2.05, 4.69) is 0 Å². The lowest BCUT2D eigenvalue weighted by atomic mass is 10.3. The normalized spacial score (nSPS) is 8.91. The summed E-state index contributed by atoms with van der Waals surface area (Å²) in [4.78, 5) is 0. The lowest BCUT2D eigenvalue weighted by Crippen LogP contribution is -1.96. The van der Waals surface area contributed by atoms with E-state index in [-0.39, 0.29) is 23.1 Å². The van der Waals surface area contributed by atoms with Crippen molar-refractivity contribution in [2.24, 2.45) is 0 Å². The van der Waals surface area contributed by atoms with Crippen molar-refractivity contribution in [3.63, 3.8) is 0 Å². The van der Waals surface area contributed by atoms with E-state index in [0.717, 1.165) is 0 Å². The van der Waals surface area contributed by atoms with Gasteiger partial charge in [-0.15, -0.1) is 12.4 Å². The Kier molecular flexibility index (Phi) is 3.42. The summed E-state index contributed by atoms with van der Waals surface area (Å²) in [5, 5.41) is -0.111. The molecule has 0 heterocycles. The van der Waals surface area contributed by atoms with E-state index >= 15 is 0 Å². The number of nitrogens with two attached hydrogens (primary N) is 2. The lowest BCUT2D eigenvalue weighted by molar-refractivity contribution is 0.629. The zero-order valence-electron chi connectivity index (χ0n) is 5.47. The van der Waals surface area contributed by atoms with E-state index in [0.29, 0.717) is 5.69 Å². The zero-order chi connectivity index (χ0) is 7.72. The number of nitrogen functional groups attached to an aromatic ring is 2. The van der Waals surface area contributed by atoms with Gasteiger partial charge in [0.2, 0.25) is 0 Å². The molecule has 0 atom stereocenters. The van der Waals surface area contributed by atoms with E-state index in [1.165, 1.54) is 12.1 Å². The minimum absolute atomic E-state index is 0. The highest BCUT2D eigenvalue weighted by Gasteiger charge is 2.04. The van der Waals surface area contributed by atoms with Crippen molar-refractivity contribution in [2.45, 2.75) is 0 Å². The van der Waals surface area contributed by atoms with Crippen molar-refractivity contribution >= 4 is 35.4 Å². The predicted octanol–water partition coefficient (Wildman–Crippen LogP) is 2.07. The molecule has 0 bridgehead atoms. The molecule has 11 heavy (non-hydrogen) atoms. The molecule has 1 aromatic rings. The van der Waals surface area contributed by atoms with Gasteiger partial charge in [0.1, 0.15) is 10.8 Å². The van der Waals surface area contributed by atoms with Crippen LogP contribution in [0, 0.1) is 5.82 Å². The summed E-state index contributed by atoms with van der Waals surface area (Å²) in [6.07, 6.45) is 0. The number of halogens is 3. The second-order valence-electron chi connectivity index (χ2n) is 1.86. The number of anilines is 2. The summed E-state index contributed by atoms with van der Waals surface area (Å²) in [5.41, 5.74) is 11.0. The molecule has 1 aromatic carbocycles. The quantitative estimate of drug-likeness (QED) is 0.625. The Morgan fingerprint density at radius 3 is 2.27 bits per heavy atom. The Bertz CT molecular complexity index is 238. The fourth-order valence-corrected chi connectivity index (χ4v) is 0.753. The lowest BCUT2D eigenvalue weighted by Gasteiger charge is -2.01. The maximum Gasteiger partial charge on any atom is 0.144 e. The second-order valence-corrected chi connectivity index (χ2v) is 2.24. The van der Waals surface area contributed by atoms with Gasteiger partial charge < -0.3 is 11.5 Å². The molecule has 0 saturated heterocycles. The molecule has 0 saturated carbocycles. The van der Waals surface area contributed by atoms with Crippen LogP contribution in [0.2, 0.25) is 5.02 Å². The van der Waals surface area contributed by atoms with Crippen LogP contribution in [0.5, 0.6) is 0 Å². The molecule has 0 aliphatic rings. The van der Waals surface area contributed by atoms with Crippen LogP contribution in [0.25, 0.3) is 0 Å². The first-order valence-corrected chi connectivity index (χ1v) is 2.99. The van der Waals surface area contributed by atoms with Crippen LogP contribution in [0.3, 0.4) is 0 Å². The van der Waals surface area contributed by atoms with Gasteiger partial charge in [-0.25, -0.2) is 4.39 Å². The van der Waals surface area contributed by atoms with Crippen LogP contribution >= 0.6 is 24.0 Å². The Hall–Kier alpha value is -0.670. The summed E-state index contributed by atoms with van der Waals surface area (Å²) < 4.78 is 12.5. The first-order chi connectivity index (χ1) is 4.63. The Morgan fingerprint density at radius 1 is 1.27 bits per heavy atom. The summed E-state index contributed by atoms with van der Waals surface area (Å²) in [6, 6.07) is 2.55. The molecule has 1 rings (SSSR count). The van der Waals surface area contributed by atoms with Crippen LogP contribution in [0.4, 0.5) is 15.8 Å². The molecule has 0 aromatic heterocycles. The topological polar surface area (TPSA) is 52.0 Å². The highest BCUT2D eigenvalue weighted by molar-refractivity contribution is 6.33. The van der Waals surface area contributed by atoms with Crippen LogP contribution in [-0.4, -0.2) is 0 Å². The molecule has 4 N–H and O–H groups in total. The molecular formula is C6H7Cl2FN2. The monoisotopic (exact) mass is 196 g/mol. The van der Waals surface area contributed by atoms with E-state index in [1.807, 2.05) is 0 Å². The Labute approximate surface area is 74.7 Å². The third-order valence-electron chi connectivity index (χ3n) is 1.17. The summed E-state index contributed by atoms with van der Waals surface area (Å²) >= 11 is 5.40. The summed E-state index contributed by atoms with van der Waals surface area (Å²) in [6.45, 7) is 0. The molecule has 0 aliphatic carbocycles. The molecule has 0 aliphatic heterocycles. The number of hydrogen-bond donors (Lipinski definition) is 2. The third kappa shape index (κ3) is 1.88. The summed E-state index contributed by atoms with van der Waals surface area (Å²) in [5.74, 6) is -0.548. The van der Waals surface area contributed by atoms with E-state index in [1.54, 1.807) is 0 Å². The van der Waals surface area contributed by atoms with Gasteiger partial charge in [0.25, 0.3) is 0 Å². The summed E-state index contributed by atoms with van der Waals surface area (Å²) in [7, 11) is 0. The van der Waals surface area contributed by atoms with Crippen molar-refractivity contribution in [3.05, 3.63) is 23.0 Å². The van der Waals surface area contributed by atoms with Crippen LogP contribution in [-0.2, 0) is 0 Å². The molecular weight excluding hydrogens is 190 g/mol. The number of benzene rings is 1. The highest BCUT2D eigenvalue weighted by atomic mass is 35.5. The van der Waals surface area contributed by atoms with Crippen molar-refractivity contribution in [1.29, 1.82) is 0 Å². The first-order valence-electron chi connectivity index (χ1n) is 2.62. The van der Waals surface area contributed by atoms with Crippen molar-refractivity contribution in [1.82, 2.24) is 0 Å². The van der Waals surface area contributed by atoms with Crippen molar-refractivity contribution in [2.75, 3.05) is 11.5 Å². The number of hydrogen-bond acceptors (Lipinski definition) is 2. The molecule has 0 radical (unpaired) electrons. The molecule has 0 fully saturated rings. The number of rotatable bonds is 0. The van der Waals surface area contributed by atoms with Crippen LogP contribution in [0.15, 0.2) is 12.1 Å². The standard InChI is InChI=1S/C6H6ClFN2.ClH/c7-5-3(8)1-2-4(9)6(5)10;/h1-2H,9-10H2;1H. The largest absolute Gasteiger partial charge is 0.397 e. The first kappa shape index (κ1) is 10.3. The van der Waals surface area contributed by atoms with E-state index < -0.39 is 5.82 Å². The molecule has 0 amide bonds. The average Bonchev–Trinajstić information content (AvgIpc) is 1.93. The van der Waals surface area contributed by atoms with Gasteiger partial charge in [-0.2, -0.15) is 0 Å². The zero-order valence-corrected chi connectivity index (χ0v) is 7.05. The van der Waals surface area contributed by atoms with Gasteiger partial charge in [-0.3, -0.25) is 0 Å². The molecule has 62 valence electrons. The minimum atomic E-state index is -0.548. The fourth-order valence-electron chi connectivity index (χ4n) is 0.581. The Balaban J connectivity index is 0.000001000. The van der Waals surface area contributed by atoms with E-state index in [4.69, 9.17) is 23.1 Å². The third-order valence-corrected chi connectivity index (χ3v) is 1.55. The highest BCUT2D eigenvalue weighted by Crippen LogP contribution is 2.26. The van der Waals surface area contributed by atoms with Gasteiger partial charge >= 0.3 is 0 Å². The molecule has 2 nitrogen and oxygen atoms in total. The average molecular weight is 197 g/mol. The fraction of sp³-hybridized carbons (Fsp3) is 0. The van der Waals surface area contributed by atoms with Gasteiger partial charge in [0.05, 0.1) is 11.4 Å². The maximum absolute atomic E-state index is 12.5. The van der Waals surface area contributed by atoms with Crippen LogP contribution in [0.1, 0.15) is 0 Å². The Morgan fingerprint density at radius 2 is 1.82 bits per heavy atom. The predicted molar refractivity (Wildman–Crippen MR) is 47.5 cm³/mol. The van der Waals surface area contributed by atoms with E-state index in [9.17, 15) is 4.39 Å². The van der Waals surface area contributed by atoms with Crippen molar-refractivity contribution < 1.29 is 4.39 Å². The molecule has 5 heteroatoms. The van der Waals surface area contributed by atoms with Crippen molar-refractivity contribution in [3.8, 4) is 0 Å². The SMILES string of the molecule is Cl.Nc1ccc(F)c(Cl)c1N. The van der Waals surface area contributed by atoms with Gasteiger partial charge in [0, 0.05) is 0 Å². The molecule has 0 unspecified atom stereocenters.